The molecule has 0 bridgehead atoms. The predicted octanol–water partition coefficient (Wildman–Crippen LogP) is 1.20. The van der Waals surface area contributed by atoms with Crippen molar-refractivity contribution in [2.75, 3.05) is 39.4 Å². The lowest BCUT2D eigenvalue weighted by Crippen LogP contribution is -2.59. The summed E-state index contributed by atoms with van der Waals surface area (Å²) in [7, 11) is -4.03. The SMILES string of the molecule is O=C(C1CC1)N1CCCOC2(C1)CN(S(=O)(=O)c1ccccc1F)CCO2. The number of carbonyl (C=O) groups excluding carboxylic acids is 1. The maximum atomic E-state index is 14.1. The van der Waals surface area contributed by atoms with E-state index < -0.39 is 21.6 Å². The van der Waals surface area contributed by atoms with Crippen LogP contribution in [0.1, 0.15) is 19.3 Å². The Bertz CT molecular complexity index is 829. The summed E-state index contributed by atoms with van der Waals surface area (Å²) in [5, 5.41) is 0. The third-order valence-corrected chi connectivity index (χ3v) is 7.06. The van der Waals surface area contributed by atoms with Crippen LogP contribution in [0.4, 0.5) is 4.39 Å². The van der Waals surface area contributed by atoms with Gasteiger partial charge in [0.1, 0.15) is 10.7 Å². The van der Waals surface area contributed by atoms with Gasteiger partial charge in [0.15, 0.2) is 5.79 Å². The van der Waals surface area contributed by atoms with E-state index in [0.29, 0.717) is 19.6 Å². The van der Waals surface area contributed by atoms with Crippen molar-refractivity contribution in [1.29, 1.82) is 0 Å². The molecule has 1 aromatic rings. The Morgan fingerprint density at radius 1 is 1.11 bits per heavy atom. The van der Waals surface area contributed by atoms with Crippen molar-refractivity contribution < 1.29 is 27.1 Å². The zero-order chi connectivity index (χ0) is 19.1. The Kier molecular flexibility index (Phi) is 4.96. The van der Waals surface area contributed by atoms with Crippen LogP contribution in [0.2, 0.25) is 0 Å². The first-order valence-corrected chi connectivity index (χ1v) is 10.7. The molecule has 2 saturated heterocycles. The minimum absolute atomic E-state index is 0.0713. The molecule has 0 radical (unpaired) electrons. The molecule has 148 valence electrons. The van der Waals surface area contributed by atoms with E-state index >= 15 is 0 Å². The Morgan fingerprint density at radius 2 is 1.85 bits per heavy atom. The molecule has 4 rings (SSSR count). The summed E-state index contributed by atoms with van der Waals surface area (Å²) in [4.78, 5) is 13.9. The second-order valence-electron chi connectivity index (χ2n) is 7.26. The molecule has 1 aromatic carbocycles. The molecule has 2 heterocycles. The van der Waals surface area contributed by atoms with Crippen LogP contribution in [0.3, 0.4) is 0 Å². The highest BCUT2D eigenvalue weighted by atomic mass is 32.2. The van der Waals surface area contributed by atoms with Crippen LogP contribution >= 0.6 is 0 Å². The first-order valence-electron chi connectivity index (χ1n) is 9.23. The highest BCUT2D eigenvalue weighted by Crippen LogP contribution is 2.34. The van der Waals surface area contributed by atoms with Gasteiger partial charge in [0, 0.05) is 19.0 Å². The second kappa shape index (κ2) is 7.12. The van der Waals surface area contributed by atoms with Crippen LogP contribution in [0, 0.1) is 11.7 Å². The van der Waals surface area contributed by atoms with Crippen LogP contribution in [-0.4, -0.2) is 68.7 Å². The van der Waals surface area contributed by atoms with Crippen molar-refractivity contribution in [1.82, 2.24) is 9.21 Å². The summed E-state index contributed by atoms with van der Waals surface area (Å²) >= 11 is 0. The molecule has 1 aliphatic carbocycles. The number of morpholine rings is 1. The maximum absolute atomic E-state index is 14.1. The zero-order valence-electron chi connectivity index (χ0n) is 15.0. The number of sulfonamides is 1. The molecule has 1 spiro atoms. The van der Waals surface area contributed by atoms with Gasteiger partial charge in [0.25, 0.3) is 0 Å². The summed E-state index contributed by atoms with van der Waals surface area (Å²) in [5.41, 5.74) is 0. The van der Waals surface area contributed by atoms with E-state index in [9.17, 15) is 17.6 Å². The fourth-order valence-electron chi connectivity index (χ4n) is 3.61. The fraction of sp³-hybridized carbons (Fsp3) is 0.611. The van der Waals surface area contributed by atoms with Gasteiger partial charge < -0.3 is 14.4 Å². The number of rotatable bonds is 3. The van der Waals surface area contributed by atoms with Crippen molar-refractivity contribution in [2.24, 2.45) is 5.92 Å². The molecule has 0 N–H and O–H groups in total. The Labute approximate surface area is 158 Å². The van der Waals surface area contributed by atoms with E-state index in [2.05, 4.69) is 0 Å². The van der Waals surface area contributed by atoms with Crippen LogP contribution in [0.5, 0.6) is 0 Å². The standard InChI is InChI=1S/C18H23FN2O5S/c19-15-4-1-2-5-16(15)27(23,24)21-9-11-26-18(13-21)12-20(8-3-10-25-18)17(22)14-6-7-14/h1-2,4-5,14H,3,6-13H2. The van der Waals surface area contributed by atoms with E-state index in [4.69, 9.17) is 9.47 Å². The molecule has 3 fully saturated rings. The fourth-order valence-corrected chi connectivity index (χ4v) is 5.14. The largest absolute Gasteiger partial charge is 0.347 e. The van der Waals surface area contributed by atoms with Gasteiger partial charge in [0.2, 0.25) is 15.9 Å². The average molecular weight is 398 g/mol. The maximum Gasteiger partial charge on any atom is 0.246 e. The molecular formula is C18H23FN2O5S. The van der Waals surface area contributed by atoms with Crippen molar-refractivity contribution >= 4 is 15.9 Å². The number of benzene rings is 1. The van der Waals surface area contributed by atoms with Gasteiger partial charge >= 0.3 is 0 Å². The molecule has 1 atom stereocenters. The van der Waals surface area contributed by atoms with Crippen molar-refractivity contribution in [2.45, 2.75) is 29.9 Å². The van der Waals surface area contributed by atoms with Crippen LogP contribution in [0.25, 0.3) is 0 Å². The van der Waals surface area contributed by atoms with Gasteiger partial charge in [-0.25, -0.2) is 12.8 Å². The van der Waals surface area contributed by atoms with Crippen LogP contribution in [0.15, 0.2) is 29.2 Å². The summed E-state index contributed by atoms with van der Waals surface area (Å²) in [5.74, 6) is -1.85. The topological polar surface area (TPSA) is 76.2 Å². The lowest BCUT2D eigenvalue weighted by molar-refractivity contribution is -0.257. The van der Waals surface area contributed by atoms with E-state index in [1.165, 1.54) is 22.5 Å². The number of hydrogen-bond donors (Lipinski definition) is 0. The monoisotopic (exact) mass is 398 g/mol. The average Bonchev–Trinajstić information content (AvgIpc) is 3.50. The molecule has 1 unspecified atom stereocenters. The van der Waals surface area contributed by atoms with E-state index in [1.807, 2.05) is 0 Å². The quantitative estimate of drug-likeness (QED) is 0.765. The molecular weight excluding hydrogens is 375 g/mol. The van der Waals surface area contributed by atoms with Crippen molar-refractivity contribution in [3.8, 4) is 0 Å². The van der Waals surface area contributed by atoms with E-state index in [0.717, 1.165) is 18.9 Å². The lowest BCUT2D eigenvalue weighted by Gasteiger charge is -2.42. The second-order valence-corrected chi connectivity index (χ2v) is 9.17. The molecule has 27 heavy (non-hydrogen) atoms. The highest BCUT2D eigenvalue weighted by Gasteiger charge is 2.47. The molecule has 2 aliphatic heterocycles. The molecule has 9 heteroatoms. The van der Waals surface area contributed by atoms with Crippen molar-refractivity contribution in [3.63, 3.8) is 0 Å². The van der Waals surface area contributed by atoms with Crippen LogP contribution < -0.4 is 0 Å². The Balaban J connectivity index is 1.57. The third-order valence-electron chi connectivity index (χ3n) is 5.19. The number of ether oxygens (including phenoxy) is 2. The summed E-state index contributed by atoms with van der Waals surface area (Å²) in [6.07, 6.45) is 2.47. The molecule has 3 aliphatic rings. The van der Waals surface area contributed by atoms with Gasteiger partial charge in [0.05, 0.1) is 26.3 Å². The van der Waals surface area contributed by atoms with Gasteiger partial charge in [-0.3, -0.25) is 4.79 Å². The van der Waals surface area contributed by atoms with Crippen LogP contribution in [-0.2, 0) is 24.3 Å². The number of nitrogens with zero attached hydrogens (tertiary/aromatic N) is 2. The summed E-state index contributed by atoms with van der Waals surface area (Å²) < 4.78 is 52.9. The molecule has 7 nitrogen and oxygen atoms in total. The number of hydrogen-bond acceptors (Lipinski definition) is 5. The van der Waals surface area contributed by atoms with Crippen molar-refractivity contribution in [3.05, 3.63) is 30.1 Å². The van der Waals surface area contributed by atoms with Gasteiger partial charge in [-0.1, -0.05) is 12.1 Å². The molecule has 0 aromatic heterocycles. The first kappa shape index (κ1) is 18.8. The summed E-state index contributed by atoms with van der Waals surface area (Å²) in [6, 6.07) is 5.32. The molecule has 1 amide bonds. The normalized spacial score (nSPS) is 27.5. The van der Waals surface area contributed by atoms with E-state index in [1.54, 1.807) is 4.90 Å². The van der Waals surface area contributed by atoms with Gasteiger partial charge in [-0.15, -0.1) is 0 Å². The lowest BCUT2D eigenvalue weighted by atomic mass is 10.2. The van der Waals surface area contributed by atoms with Gasteiger partial charge in [-0.05, 0) is 31.4 Å². The summed E-state index contributed by atoms with van der Waals surface area (Å²) in [6.45, 7) is 1.30. The predicted molar refractivity (Wildman–Crippen MR) is 93.7 cm³/mol. The number of halogens is 1. The van der Waals surface area contributed by atoms with E-state index in [-0.39, 0.29) is 43.0 Å². The Morgan fingerprint density at radius 3 is 2.59 bits per heavy atom. The highest BCUT2D eigenvalue weighted by molar-refractivity contribution is 7.89. The third kappa shape index (κ3) is 3.73. The number of carbonyl (C=O) groups is 1. The minimum Gasteiger partial charge on any atom is -0.347 e. The molecule has 1 saturated carbocycles. The Hall–Kier alpha value is -1.55. The number of amides is 1. The van der Waals surface area contributed by atoms with Gasteiger partial charge in [-0.2, -0.15) is 4.31 Å². The first-order chi connectivity index (χ1) is 12.9. The minimum atomic E-state index is -4.03. The smallest absolute Gasteiger partial charge is 0.246 e. The zero-order valence-corrected chi connectivity index (χ0v) is 15.8.